The van der Waals surface area contributed by atoms with Gasteiger partial charge in [-0.1, -0.05) is 0 Å². The lowest BCUT2D eigenvalue weighted by atomic mass is 10.0. The number of amides is 1. The van der Waals surface area contributed by atoms with Crippen LogP contribution in [-0.4, -0.2) is 47.5 Å². The van der Waals surface area contributed by atoms with E-state index in [1.165, 1.54) is 11.7 Å². The maximum absolute atomic E-state index is 15.7. The third-order valence-corrected chi connectivity index (χ3v) is 6.59. The molecule has 1 saturated heterocycles. The second-order valence-corrected chi connectivity index (χ2v) is 10.3. The van der Waals surface area contributed by atoms with Crippen LogP contribution in [0.1, 0.15) is 58.6 Å². The number of nitrogens with one attached hydrogen (secondary N) is 2. The number of aromatic nitrogens is 2. The predicted molar refractivity (Wildman–Crippen MR) is 127 cm³/mol. The molecule has 34 heavy (non-hydrogen) atoms. The summed E-state index contributed by atoms with van der Waals surface area (Å²) in [4.78, 5) is 41.7. The predicted octanol–water partition coefficient (Wildman–Crippen LogP) is 3.22. The molecule has 2 atom stereocenters. The summed E-state index contributed by atoms with van der Waals surface area (Å²) in [5, 5.41) is 3.02. The molecular weight excluding hydrogens is 443 g/mol. The number of fused-ring (bicyclic) bond motifs is 1. The van der Waals surface area contributed by atoms with Crippen LogP contribution in [0.4, 0.5) is 14.9 Å². The lowest BCUT2D eigenvalue weighted by molar-refractivity contribution is 0.0494. The van der Waals surface area contributed by atoms with Gasteiger partial charge in [0.15, 0.2) is 11.6 Å². The fourth-order valence-electron chi connectivity index (χ4n) is 4.79. The van der Waals surface area contributed by atoms with E-state index in [1.54, 1.807) is 27.7 Å². The number of carbonyl (C=O) groups excluding carboxylic acids is 1. The number of methoxy groups -OCH3 is 1. The summed E-state index contributed by atoms with van der Waals surface area (Å²) >= 11 is 0. The largest absolute Gasteiger partial charge is 0.492 e. The summed E-state index contributed by atoms with van der Waals surface area (Å²) in [5.74, 6) is -0.289. The molecule has 186 valence electrons. The van der Waals surface area contributed by atoms with Crippen molar-refractivity contribution >= 4 is 22.7 Å². The monoisotopic (exact) mass is 476 g/mol. The number of alkyl carbamates (subject to hydrolysis) is 1. The lowest BCUT2D eigenvalue weighted by Crippen LogP contribution is -2.42. The summed E-state index contributed by atoms with van der Waals surface area (Å²) in [6.45, 7) is 9.89. The Morgan fingerprint density at radius 3 is 2.50 bits per heavy atom. The molecule has 1 saturated carbocycles. The summed E-state index contributed by atoms with van der Waals surface area (Å²) in [7, 11) is 1.43. The van der Waals surface area contributed by atoms with Gasteiger partial charge in [-0.3, -0.25) is 14.3 Å². The number of anilines is 1. The van der Waals surface area contributed by atoms with Gasteiger partial charge in [-0.25, -0.2) is 14.0 Å². The van der Waals surface area contributed by atoms with Gasteiger partial charge in [0.1, 0.15) is 16.8 Å². The number of nitrogens with zero attached hydrogens (tertiary/aromatic N) is 2. The molecule has 10 heteroatoms. The first-order chi connectivity index (χ1) is 15.9. The van der Waals surface area contributed by atoms with Gasteiger partial charge in [0.05, 0.1) is 12.5 Å². The molecule has 0 unspecified atom stereocenters. The van der Waals surface area contributed by atoms with Crippen molar-refractivity contribution < 1.29 is 18.7 Å². The molecule has 9 nitrogen and oxygen atoms in total. The molecule has 2 aliphatic rings. The first-order valence-electron chi connectivity index (χ1n) is 11.7. The molecule has 4 rings (SSSR count). The van der Waals surface area contributed by atoms with Gasteiger partial charge in [0.2, 0.25) is 0 Å². The van der Waals surface area contributed by atoms with Gasteiger partial charge in [-0.15, -0.1) is 0 Å². The van der Waals surface area contributed by atoms with Crippen molar-refractivity contribution in [2.75, 3.05) is 25.1 Å². The molecule has 2 heterocycles. The van der Waals surface area contributed by atoms with Crippen molar-refractivity contribution in [2.45, 2.75) is 71.6 Å². The third kappa shape index (κ3) is 4.37. The van der Waals surface area contributed by atoms with E-state index in [1.807, 2.05) is 11.8 Å². The Kier molecular flexibility index (Phi) is 6.12. The highest BCUT2D eigenvalue weighted by molar-refractivity contribution is 5.93. The van der Waals surface area contributed by atoms with Crippen LogP contribution in [0, 0.1) is 18.7 Å². The van der Waals surface area contributed by atoms with Gasteiger partial charge in [-0.05, 0) is 59.8 Å². The van der Waals surface area contributed by atoms with Crippen LogP contribution in [0.5, 0.6) is 5.75 Å². The highest BCUT2D eigenvalue weighted by Gasteiger charge is 2.36. The van der Waals surface area contributed by atoms with Gasteiger partial charge >= 0.3 is 11.8 Å². The van der Waals surface area contributed by atoms with Gasteiger partial charge in [-0.2, -0.15) is 0 Å². The molecule has 1 aromatic carbocycles. The van der Waals surface area contributed by atoms with Crippen molar-refractivity contribution in [3.63, 3.8) is 0 Å². The molecular formula is C24H33FN4O5. The fourth-order valence-corrected chi connectivity index (χ4v) is 4.79. The van der Waals surface area contributed by atoms with E-state index in [9.17, 15) is 14.4 Å². The number of rotatable bonds is 5. The Labute approximate surface area is 197 Å². The standard InChI is InChI=1S/C24H33FN4O5/c1-12-16-18(29(15-7-8-15)22(31)27-21(16)30)20(33-6)19(17(12)25)28-10-9-14(11-28)13(2)26-23(32)34-24(3,4)5/h13-15H,7-11H2,1-6H3,(H,26,32)(H,27,30,31)/t13-,14+/m0/s1. The maximum atomic E-state index is 15.7. The molecule has 0 radical (unpaired) electrons. The summed E-state index contributed by atoms with van der Waals surface area (Å²) in [5.41, 5.74) is -0.947. The van der Waals surface area contributed by atoms with Crippen molar-refractivity contribution in [2.24, 2.45) is 5.92 Å². The molecule has 2 N–H and O–H groups in total. The molecule has 1 aromatic heterocycles. The fraction of sp³-hybridized carbons (Fsp3) is 0.625. The molecule has 1 amide bonds. The quantitative estimate of drug-likeness (QED) is 0.687. The number of hydrogen-bond acceptors (Lipinski definition) is 6. The molecule has 2 fully saturated rings. The van der Waals surface area contributed by atoms with Crippen LogP contribution in [0.2, 0.25) is 0 Å². The van der Waals surface area contributed by atoms with Gasteiger partial charge in [0.25, 0.3) is 5.56 Å². The Balaban J connectivity index is 1.71. The lowest BCUT2D eigenvalue weighted by Gasteiger charge is -2.27. The Bertz CT molecular complexity index is 1240. The first kappa shape index (κ1) is 24.1. The van der Waals surface area contributed by atoms with Crippen molar-refractivity contribution in [3.05, 3.63) is 32.2 Å². The minimum absolute atomic E-state index is 0.0390. The normalized spacial score (nSPS) is 19.4. The number of halogens is 1. The van der Waals surface area contributed by atoms with Crippen LogP contribution in [0.15, 0.2) is 9.59 Å². The van der Waals surface area contributed by atoms with E-state index in [0.717, 1.165) is 19.3 Å². The van der Waals surface area contributed by atoms with Crippen molar-refractivity contribution in [1.82, 2.24) is 14.9 Å². The number of carbonyl (C=O) groups is 1. The SMILES string of the molecule is COc1c(N2CC[C@@H]([C@H](C)NC(=O)OC(C)(C)C)C2)c(F)c(C)c2c(=O)[nH]c(=O)n(C3CC3)c12. The van der Waals surface area contributed by atoms with Gasteiger partial charge < -0.3 is 19.7 Å². The average Bonchev–Trinajstić information content (AvgIpc) is 3.43. The zero-order valence-corrected chi connectivity index (χ0v) is 20.6. The summed E-state index contributed by atoms with van der Waals surface area (Å²) in [6.07, 6.45) is 1.86. The smallest absolute Gasteiger partial charge is 0.407 e. The highest BCUT2D eigenvalue weighted by Crippen LogP contribution is 2.45. The third-order valence-electron chi connectivity index (χ3n) is 6.59. The Hall–Kier alpha value is -3.04. The van der Waals surface area contributed by atoms with Crippen molar-refractivity contribution in [3.8, 4) is 5.75 Å². The topological polar surface area (TPSA) is 106 Å². The first-order valence-corrected chi connectivity index (χ1v) is 11.7. The number of hydrogen-bond donors (Lipinski definition) is 2. The van der Waals surface area contributed by atoms with Crippen LogP contribution in [0.25, 0.3) is 10.9 Å². The van der Waals surface area contributed by atoms with E-state index < -0.39 is 28.8 Å². The van der Waals surface area contributed by atoms with Crippen LogP contribution in [-0.2, 0) is 4.74 Å². The second-order valence-electron chi connectivity index (χ2n) is 10.3. The molecule has 0 spiro atoms. The second kappa shape index (κ2) is 8.63. The summed E-state index contributed by atoms with van der Waals surface area (Å²) < 4.78 is 28.3. The average molecular weight is 477 g/mol. The zero-order chi connectivity index (χ0) is 24.9. The molecule has 2 aromatic rings. The Morgan fingerprint density at radius 1 is 1.24 bits per heavy atom. The van der Waals surface area contributed by atoms with Crippen LogP contribution in [0.3, 0.4) is 0 Å². The van der Waals surface area contributed by atoms with E-state index in [4.69, 9.17) is 9.47 Å². The molecule has 1 aliphatic heterocycles. The highest BCUT2D eigenvalue weighted by atomic mass is 19.1. The minimum atomic E-state index is -0.618. The van der Waals surface area contributed by atoms with Crippen molar-refractivity contribution in [1.29, 1.82) is 0 Å². The number of H-pyrrole nitrogens is 1. The number of benzene rings is 1. The number of aryl methyl sites for hydroxylation is 1. The molecule has 0 bridgehead atoms. The van der Waals surface area contributed by atoms with E-state index in [2.05, 4.69) is 10.3 Å². The number of aromatic amines is 1. The van der Waals surface area contributed by atoms with E-state index in [-0.39, 0.29) is 40.4 Å². The van der Waals surface area contributed by atoms with E-state index >= 15 is 4.39 Å². The van der Waals surface area contributed by atoms with Gasteiger partial charge in [0, 0.05) is 30.7 Å². The minimum Gasteiger partial charge on any atom is -0.492 e. The summed E-state index contributed by atoms with van der Waals surface area (Å²) in [6, 6.07) is -0.231. The number of ether oxygens (including phenoxy) is 2. The van der Waals surface area contributed by atoms with E-state index in [0.29, 0.717) is 18.6 Å². The molecule has 1 aliphatic carbocycles. The zero-order valence-electron chi connectivity index (χ0n) is 20.6. The van der Waals surface area contributed by atoms with Crippen LogP contribution >= 0.6 is 0 Å². The maximum Gasteiger partial charge on any atom is 0.407 e. The Morgan fingerprint density at radius 2 is 1.91 bits per heavy atom. The van der Waals surface area contributed by atoms with Crippen LogP contribution < -0.4 is 26.2 Å².